The van der Waals surface area contributed by atoms with E-state index >= 15 is 0 Å². The Morgan fingerprint density at radius 3 is 2.30 bits per heavy atom. The summed E-state index contributed by atoms with van der Waals surface area (Å²) in [6.07, 6.45) is 1.78. The van der Waals surface area contributed by atoms with E-state index in [1.54, 1.807) is 12.1 Å². The third-order valence-electron chi connectivity index (χ3n) is 4.41. The molecule has 3 aromatic carbocycles. The molecule has 2 N–H and O–H groups in total. The Balaban J connectivity index is 1.68. The van der Waals surface area contributed by atoms with Crippen molar-refractivity contribution in [1.29, 1.82) is 0 Å². The average Bonchev–Trinajstić information content (AvgIpc) is 2.72. The summed E-state index contributed by atoms with van der Waals surface area (Å²) in [4.78, 5) is 11.5. The number of methoxy groups -OCH3 is 1. The van der Waals surface area contributed by atoms with Crippen LogP contribution in [0.25, 0.3) is 0 Å². The highest BCUT2D eigenvalue weighted by atomic mass is 16.5. The largest absolute Gasteiger partial charge is 0.486 e. The molecule has 0 aromatic heterocycles. The average molecular weight is 361 g/mol. The molecule has 0 heterocycles. The summed E-state index contributed by atoms with van der Waals surface area (Å²) in [5, 5.41) is 0. The lowest BCUT2D eigenvalue weighted by Gasteiger charge is -2.14. The highest BCUT2D eigenvalue weighted by Crippen LogP contribution is 2.28. The molecule has 0 unspecified atom stereocenters. The van der Waals surface area contributed by atoms with Gasteiger partial charge in [0.15, 0.2) is 0 Å². The molecule has 0 bridgehead atoms. The molecular formula is C23H23NO3. The Hall–Kier alpha value is -3.27. The number of para-hydroxylation sites is 1. The third kappa shape index (κ3) is 4.88. The van der Waals surface area contributed by atoms with Gasteiger partial charge in [0, 0.05) is 0 Å². The zero-order valence-corrected chi connectivity index (χ0v) is 15.4. The minimum atomic E-state index is -0.349. The first-order valence-electron chi connectivity index (χ1n) is 8.88. The van der Waals surface area contributed by atoms with E-state index in [4.69, 9.17) is 15.2 Å². The van der Waals surface area contributed by atoms with Crippen LogP contribution in [-0.2, 0) is 24.2 Å². The Morgan fingerprint density at radius 2 is 1.59 bits per heavy atom. The predicted octanol–water partition coefficient (Wildman–Crippen LogP) is 4.42. The zero-order valence-electron chi connectivity index (χ0n) is 15.4. The van der Waals surface area contributed by atoms with Gasteiger partial charge in [-0.3, -0.25) is 0 Å². The van der Waals surface area contributed by atoms with Gasteiger partial charge >= 0.3 is 5.97 Å². The topological polar surface area (TPSA) is 61.5 Å². The lowest BCUT2D eigenvalue weighted by molar-refractivity contribution is 0.0600. The number of esters is 1. The standard InChI is InChI=1S/C23H23NO3/c1-26-23(25)20-14-11-18(12-15-20)16-27-22-19(8-5-9-21(22)24)13-10-17-6-3-2-4-7-17/h2-9,11-12,14-15H,10,13,16,24H2,1H3. The molecule has 3 rings (SSSR count). The maximum Gasteiger partial charge on any atom is 0.337 e. The number of carbonyl (C=O) groups excluding carboxylic acids is 1. The van der Waals surface area contributed by atoms with E-state index in [0.717, 1.165) is 29.7 Å². The summed E-state index contributed by atoms with van der Waals surface area (Å²) in [6.45, 7) is 0.383. The van der Waals surface area contributed by atoms with E-state index in [2.05, 4.69) is 18.2 Å². The fourth-order valence-corrected chi connectivity index (χ4v) is 2.91. The van der Waals surface area contributed by atoms with E-state index in [9.17, 15) is 4.79 Å². The molecule has 0 aliphatic rings. The van der Waals surface area contributed by atoms with Crippen molar-refractivity contribution in [2.45, 2.75) is 19.4 Å². The van der Waals surface area contributed by atoms with Gasteiger partial charge in [-0.05, 0) is 47.7 Å². The predicted molar refractivity (Wildman–Crippen MR) is 107 cm³/mol. The van der Waals surface area contributed by atoms with Crippen LogP contribution in [0.2, 0.25) is 0 Å². The molecule has 0 spiro atoms. The molecule has 0 aliphatic heterocycles. The van der Waals surface area contributed by atoms with Crippen molar-refractivity contribution in [3.8, 4) is 5.75 Å². The monoisotopic (exact) mass is 361 g/mol. The van der Waals surface area contributed by atoms with Gasteiger partial charge in [-0.2, -0.15) is 0 Å². The maximum atomic E-state index is 11.5. The zero-order chi connectivity index (χ0) is 19.1. The summed E-state index contributed by atoms with van der Waals surface area (Å²) < 4.78 is 10.7. The molecule has 27 heavy (non-hydrogen) atoms. The van der Waals surface area contributed by atoms with Crippen molar-refractivity contribution in [1.82, 2.24) is 0 Å². The van der Waals surface area contributed by atoms with E-state index in [0.29, 0.717) is 17.9 Å². The maximum absolute atomic E-state index is 11.5. The van der Waals surface area contributed by atoms with Gasteiger partial charge in [-0.25, -0.2) is 4.79 Å². The number of rotatable bonds is 7. The van der Waals surface area contributed by atoms with Crippen molar-refractivity contribution < 1.29 is 14.3 Å². The van der Waals surface area contributed by atoms with Crippen LogP contribution in [0, 0.1) is 0 Å². The summed E-state index contributed by atoms with van der Waals surface area (Å²) >= 11 is 0. The number of anilines is 1. The Kier molecular flexibility index (Phi) is 6.10. The van der Waals surface area contributed by atoms with Gasteiger partial charge in [0.2, 0.25) is 0 Å². The van der Waals surface area contributed by atoms with Gasteiger partial charge < -0.3 is 15.2 Å². The molecule has 0 amide bonds. The highest BCUT2D eigenvalue weighted by molar-refractivity contribution is 5.89. The van der Waals surface area contributed by atoms with Crippen LogP contribution in [0.1, 0.15) is 27.0 Å². The Morgan fingerprint density at radius 1 is 0.852 bits per heavy atom. The van der Waals surface area contributed by atoms with Crippen molar-refractivity contribution in [2.75, 3.05) is 12.8 Å². The molecule has 0 fully saturated rings. The van der Waals surface area contributed by atoms with E-state index < -0.39 is 0 Å². The lowest BCUT2D eigenvalue weighted by atomic mass is 10.0. The number of nitrogen functional groups attached to an aromatic ring is 1. The first-order valence-corrected chi connectivity index (χ1v) is 8.88. The number of benzene rings is 3. The second-order valence-electron chi connectivity index (χ2n) is 6.30. The molecule has 3 aromatic rings. The van der Waals surface area contributed by atoms with Gasteiger partial charge in [-0.15, -0.1) is 0 Å². The normalized spacial score (nSPS) is 10.4. The van der Waals surface area contributed by atoms with Gasteiger partial charge in [0.25, 0.3) is 0 Å². The minimum absolute atomic E-state index is 0.349. The van der Waals surface area contributed by atoms with Crippen molar-refractivity contribution in [2.24, 2.45) is 0 Å². The van der Waals surface area contributed by atoms with Crippen LogP contribution < -0.4 is 10.5 Å². The van der Waals surface area contributed by atoms with Crippen molar-refractivity contribution in [3.63, 3.8) is 0 Å². The van der Waals surface area contributed by atoms with Crippen LogP contribution in [0.4, 0.5) is 5.69 Å². The van der Waals surface area contributed by atoms with Crippen molar-refractivity contribution >= 4 is 11.7 Å². The van der Waals surface area contributed by atoms with Gasteiger partial charge in [-0.1, -0.05) is 54.6 Å². The van der Waals surface area contributed by atoms with Crippen LogP contribution in [0.3, 0.4) is 0 Å². The first kappa shape index (κ1) is 18.5. The highest BCUT2D eigenvalue weighted by Gasteiger charge is 2.09. The van der Waals surface area contributed by atoms with Crippen LogP contribution in [-0.4, -0.2) is 13.1 Å². The lowest BCUT2D eigenvalue weighted by Crippen LogP contribution is -2.04. The van der Waals surface area contributed by atoms with E-state index in [1.807, 2.05) is 42.5 Å². The summed E-state index contributed by atoms with van der Waals surface area (Å²) in [7, 11) is 1.37. The second kappa shape index (κ2) is 8.90. The molecule has 4 heteroatoms. The number of nitrogens with two attached hydrogens (primary N) is 1. The fraction of sp³-hybridized carbons (Fsp3) is 0.174. The summed E-state index contributed by atoms with van der Waals surface area (Å²) in [5.41, 5.74) is 10.6. The first-order chi connectivity index (χ1) is 13.2. The molecule has 138 valence electrons. The van der Waals surface area contributed by atoms with E-state index in [-0.39, 0.29) is 5.97 Å². The SMILES string of the molecule is COC(=O)c1ccc(COc2c(N)cccc2CCc2ccccc2)cc1. The van der Waals surface area contributed by atoms with E-state index in [1.165, 1.54) is 12.7 Å². The number of aryl methyl sites for hydroxylation is 2. The van der Waals surface area contributed by atoms with Gasteiger partial charge in [0.05, 0.1) is 18.4 Å². The molecule has 0 aliphatic carbocycles. The Labute approximate surface area is 159 Å². The van der Waals surface area contributed by atoms with Crippen LogP contribution in [0.5, 0.6) is 5.75 Å². The summed E-state index contributed by atoms with van der Waals surface area (Å²) in [6, 6.07) is 23.4. The summed E-state index contributed by atoms with van der Waals surface area (Å²) in [5.74, 6) is 0.378. The Bertz CT molecular complexity index is 889. The number of hydrogen-bond acceptors (Lipinski definition) is 4. The number of carbonyl (C=O) groups is 1. The number of hydrogen-bond donors (Lipinski definition) is 1. The second-order valence-corrected chi connectivity index (χ2v) is 6.30. The molecule has 0 radical (unpaired) electrons. The van der Waals surface area contributed by atoms with Crippen LogP contribution >= 0.6 is 0 Å². The third-order valence-corrected chi connectivity index (χ3v) is 4.41. The molecular weight excluding hydrogens is 338 g/mol. The fourth-order valence-electron chi connectivity index (χ4n) is 2.91. The van der Waals surface area contributed by atoms with Crippen LogP contribution in [0.15, 0.2) is 72.8 Å². The van der Waals surface area contributed by atoms with Gasteiger partial charge in [0.1, 0.15) is 12.4 Å². The number of ether oxygens (including phenoxy) is 2. The molecule has 0 saturated carbocycles. The molecule has 0 saturated heterocycles. The minimum Gasteiger partial charge on any atom is -0.486 e. The smallest absolute Gasteiger partial charge is 0.337 e. The molecule has 0 atom stereocenters. The quantitative estimate of drug-likeness (QED) is 0.500. The molecule has 4 nitrogen and oxygen atoms in total. The van der Waals surface area contributed by atoms with Crippen molar-refractivity contribution in [3.05, 3.63) is 95.1 Å².